The summed E-state index contributed by atoms with van der Waals surface area (Å²) in [6.45, 7) is 2.14. The number of nitrogens with two attached hydrogens (primary N) is 1. The molecule has 0 spiro atoms. The van der Waals surface area contributed by atoms with Crippen LogP contribution in [0.2, 0.25) is 0 Å². The maximum absolute atomic E-state index is 5.26. The summed E-state index contributed by atoms with van der Waals surface area (Å²) in [7, 11) is 0. The molecule has 2 N–H and O–H groups in total. The Hall–Kier alpha value is -1.24. The normalized spacial score (nSPS) is 17.9. The van der Waals surface area contributed by atoms with Gasteiger partial charge in [-0.1, -0.05) is 35.5 Å². The van der Waals surface area contributed by atoms with E-state index in [2.05, 4.69) is 31.2 Å². The van der Waals surface area contributed by atoms with Crippen molar-refractivity contribution in [1.29, 1.82) is 0 Å². The van der Waals surface area contributed by atoms with Gasteiger partial charge in [-0.25, -0.2) is 0 Å². The third-order valence-electron chi connectivity index (χ3n) is 2.10. The summed E-state index contributed by atoms with van der Waals surface area (Å²) in [6, 6.07) is 0. The molecule has 0 fully saturated rings. The van der Waals surface area contributed by atoms with Gasteiger partial charge in [-0.05, 0) is 38.5 Å². The molecule has 70 valence electrons. The van der Waals surface area contributed by atoms with Crippen molar-refractivity contribution in [2.24, 2.45) is 5.73 Å². The van der Waals surface area contributed by atoms with Crippen LogP contribution in [0.1, 0.15) is 26.2 Å². The Balaban J connectivity index is 2.48. The van der Waals surface area contributed by atoms with Crippen LogP contribution in [0.25, 0.3) is 0 Å². The van der Waals surface area contributed by atoms with Gasteiger partial charge >= 0.3 is 0 Å². The monoisotopic (exact) mass is 175 g/mol. The van der Waals surface area contributed by atoms with E-state index in [-0.39, 0.29) is 0 Å². The molecule has 1 rings (SSSR count). The Morgan fingerprint density at radius 3 is 3.08 bits per heavy atom. The molecular formula is C12H17N. The topological polar surface area (TPSA) is 26.0 Å². The fraction of sp³-hybridized carbons (Fsp3) is 0.333. The van der Waals surface area contributed by atoms with Gasteiger partial charge in [-0.15, -0.1) is 0 Å². The standard InChI is InChI=1S/C12H17N/c1-11(6-5-9-13)10-12-7-3-2-4-8-12/h2-3,5-7,9H,4,8,10,13H2,1H3/b9-5-,11-6-. The second-order valence-corrected chi connectivity index (χ2v) is 3.37. The van der Waals surface area contributed by atoms with Gasteiger partial charge in [0.05, 0.1) is 0 Å². The minimum absolute atomic E-state index is 1.08. The zero-order valence-electron chi connectivity index (χ0n) is 8.16. The first kappa shape index (κ1) is 9.85. The molecule has 0 heterocycles. The second-order valence-electron chi connectivity index (χ2n) is 3.37. The largest absolute Gasteiger partial charge is 0.405 e. The molecule has 0 unspecified atom stereocenters. The molecule has 0 aromatic rings. The number of allylic oxidation sites excluding steroid dienone is 7. The zero-order valence-corrected chi connectivity index (χ0v) is 8.16. The van der Waals surface area contributed by atoms with Crippen LogP contribution in [0.5, 0.6) is 0 Å². The van der Waals surface area contributed by atoms with Gasteiger partial charge in [0.15, 0.2) is 0 Å². The smallest absolute Gasteiger partial charge is 0.00624 e. The van der Waals surface area contributed by atoms with Crippen molar-refractivity contribution in [3.63, 3.8) is 0 Å². The summed E-state index contributed by atoms with van der Waals surface area (Å²) in [4.78, 5) is 0. The number of hydrogen-bond donors (Lipinski definition) is 1. The molecule has 0 aliphatic heterocycles. The predicted molar refractivity (Wildman–Crippen MR) is 58.2 cm³/mol. The van der Waals surface area contributed by atoms with E-state index in [0.29, 0.717) is 0 Å². The highest BCUT2D eigenvalue weighted by atomic mass is 14.5. The van der Waals surface area contributed by atoms with Gasteiger partial charge in [0, 0.05) is 0 Å². The average Bonchev–Trinajstić information content (AvgIpc) is 2.16. The lowest BCUT2D eigenvalue weighted by atomic mass is 9.98. The minimum Gasteiger partial charge on any atom is -0.405 e. The van der Waals surface area contributed by atoms with Crippen LogP contribution in [0.3, 0.4) is 0 Å². The predicted octanol–water partition coefficient (Wildman–Crippen LogP) is 3.07. The summed E-state index contributed by atoms with van der Waals surface area (Å²) in [5.74, 6) is 0. The Bertz CT molecular complexity index is 267. The Labute approximate surface area is 80.3 Å². The molecule has 0 bridgehead atoms. The third-order valence-corrected chi connectivity index (χ3v) is 2.10. The van der Waals surface area contributed by atoms with Gasteiger partial charge in [0.1, 0.15) is 0 Å². The molecule has 1 nitrogen and oxygen atoms in total. The minimum atomic E-state index is 1.08. The van der Waals surface area contributed by atoms with Crippen molar-refractivity contribution in [1.82, 2.24) is 0 Å². The summed E-state index contributed by atoms with van der Waals surface area (Å²) < 4.78 is 0. The maximum Gasteiger partial charge on any atom is -0.00624 e. The molecule has 1 heteroatoms. The van der Waals surface area contributed by atoms with Crippen LogP contribution < -0.4 is 5.73 Å². The molecule has 0 aromatic carbocycles. The van der Waals surface area contributed by atoms with E-state index in [1.54, 1.807) is 6.20 Å². The Kier molecular flexibility index (Phi) is 4.10. The maximum atomic E-state index is 5.26. The highest BCUT2D eigenvalue weighted by Crippen LogP contribution is 2.19. The Morgan fingerprint density at radius 2 is 2.46 bits per heavy atom. The lowest BCUT2D eigenvalue weighted by Crippen LogP contribution is -1.88. The Morgan fingerprint density at radius 1 is 1.62 bits per heavy atom. The number of rotatable bonds is 3. The van der Waals surface area contributed by atoms with E-state index < -0.39 is 0 Å². The lowest BCUT2D eigenvalue weighted by molar-refractivity contribution is 0.904. The van der Waals surface area contributed by atoms with Gasteiger partial charge < -0.3 is 5.73 Å². The van der Waals surface area contributed by atoms with Crippen molar-refractivity contribution >= 4 is 0 Å². The fourth-order valence-corrected chi connectivity index (χ4v) is 1.44. The average molecular weight is 175 g/mol. The molecule has 1 aliphatic carbocycles. The second kappa shape index (κ2) is 5.41. The molecule has 0 atom stereocenters. The highest BCUT2D eigenvalue weighted by molar-refractivity contribution is 5.24. The summed E-state index contributed by atoms with van der Waals surface area (Å²) in [5.41, 5.74) is 8.14. The molecule has 0 amide bonds. The first-order chi connectivity index (χ1) is 6.33. The van der Waals surface area contributed by atoms with E-state index in [0.717, 1.165) is 6.42 Å². The first-order valence-electron chi connectivity index (χ1n) is 4.71. The van der Waals surface area contributed by atoms with Crippen molar-refractivity contribution < 1.29 is 0 Å². The zero-order chi connectivity index (χ0) is 9.52. The fourth-order valence-electron chi connectivity index (χ4n) is 1.44. The van der Waals surface area contributed by atoms with E-state index in [4.69, 9.17) is 5.73 Å². The van der Waals surface area contributed by atoms with Crippen molar-refractivity contribution in [2.75, 3.05) is 0 Å². The molecular weight excluding hydrogens is 158 g/mol. The van der Waals surface area contributed by atoms with Gasteiger partial charge in [-0.2, -0.15) is 0 Å². The summed E-state index contributed by atoms with van der Waals surface area (Å²) in [6.07, 6.45) is 15.6. The van der Waals surface area contributed by atoms with Crippen LogP contribution in [-0.2, 0) is 0 Å². The van der Waals surface area contributed by atoms with Crippen molar-refractivity contribution in [3.8, 4) is 0 Å². The van der Waals surface area contributed by atoms with Crippen LogP contribution in [0.4, 0.5) is 0 Å². The van der Waals surface area contributed by atoms with Gasteiger partial charge in [-0.3, -0.25) is 0 Å². The third kappa shape index (κ3) is 3.79. The van der Waals surface area contributed by atoms with Crippen molar-refractivity contribution in [2.45, 2.75) is 26.2 Å². The quantitative estimate of drug-likeness (QED) is 0.655. The summed E-state index contributed by atoms with van der Waals surface area (Å²) in [5, 5.41) is 0. The van der Waals surface area contributed by atoms with Gasteiger partial charge in [0.2, 0.25) is 0 Å². The van der Waals surface area contributed by atoms with Crippen LogP contribution in [0.15, 0.2) is 47.7 Å². The van der Waals surface area contributed by atoms with E-state index in [1.807, 2.05) is 6.08 Å². The SMILES string of the molecule is C/C(=C/C=C\N)CC1=CC=CCC1. The van der Waals surface area contributed by atoms with Crippen molar-refractivity contribution in [3.05, 3.63) is 47.7 Å². The molecule has 0 aromatic heterocycles. The summed E-state index contributed by atoms with van der Waals surface area (Å²) >= 11 is 0. The van der Waals surface area contributed by atoms with Gasteiger partial charge in [0.25, 0.3) is 0 Å². The van der Waals surface area contributed by atoms with E-state index >= 15 is 0 Å². The van der Waals surface area contributed by atoms with E-state index in [9.17, 15) is 0 Å². The lowest BCUT2D eigenvalue weighted by Gasteiger charge is -2.08. The molecule has 1 aliphatic rings. The number of hydrogen-bond acceptors (Lipinski definition) is 1. The van der Waals surface area contributed by atoms with E-state index in [1.165, 1.54) is 24.0 Å². The van der Waals surface area contributed by atoms with Crippen LogP contribution in [0, 0.1) is 0 Å². The molecule has 0 saturated carbocycles. The highest BCUT2D eigenvalue weighted by Gasteiger charge is 1.99. The first-order valence-corrected chi connectivity index (χ1v) is 4.71. The van der Waals surface area contributed by atoms with Crippen LogP contribution >= 0.6 is 0 Å². The molecule has 13 heavy (non-hydrogen) atoms. The molecule has 0 radical (unpaired) electrons. The van der Waals surface area contributed by atoms with Crippen LogP contribution in [-0.4, -0.2) is 0 Å². The molecule has 0 saturated heterocycles.